The summed E-state index contributed by atoms with van der Waals surface area (Å²) in [6.45, 7) is -0.166. The first-order valence-electron chi connectivity index (χ1n) is 10.3. The van der Waals surface area contributed by atoms with Crippen molar-refractivity contribution in [1.29, 1.82) is 0 Å². The van der Waals surface area contributed by atoms with Gasteiger partial charge in [0.15, 0.2) is 0 Å². The van der Waals surface area contributed by atoms with Crippen molar-refractivity contribution in [3.05, 3.63) is 84.1 Å². The number of methoxy groups -OCH3 is 2. The maximum atomic E-state index is 12.8. The van der Waals surface area contributed by atoms with Gasteiger partial charge in [-0.25, -0.2) is 0 Å². The number of ether oxygens (including phenoxy) is 2. The number of hydrogen-bond acceptors (Lipinski definition) is 6. The molecule has 0 radical (unpaired) electrons. The Bertz CT molecular complexity index is 1110. The predicted octanol–water partition coefficient (Wildman–Crippen LogP) is 2.79. The highest BCUT2D eigenvalue weighted by Gasteiger charge is 2.19. The molecular weight excluding hydrogens is 422 g/mol. The van der Waals surface area contributed by atoms with Gasteiger partial charge in [-0.3, -0.25) is 19.1 Å². The van der Waals surface area contributed by atoms with Crippen molar-refractivity contribution in [2.24, 2.45) is 0 Å². The third-order valence-corrected chi connectivity index (χ3v) is 4.84. The molecule has 0 unspecified atom stereocenters. The molecule has 0 spiro atoms. The lowest BCUT2D eigenvalue weighted by Gasteiger charge is -2.18. The first-order chi connectivity index (χ1) is 16.0. The maximum absolute atomic E-state index is 12.8. The molecule has 0 N–H and O–H groups in total. The van der Waals surface area contributed by atoms with E-state index >= 15 is 0 Å². The van der Waals surface area contributed by atoms with Gasteiger partial charge in [-0.2, -0.15) is 5.10 Å². The van der Waals surface area contributed by atoms with E-state index in [1.54, 1.807) is 6.08 Å². The minimum absolute atomic E-state index is 0.367. The Morgan fingerprint density at radius 3 is 2.06 bits per heavy atom. The summed E-state index contributed by atoms with van der Waals surface area (Å²) in [4.78, 5) is 37.2. The molecule has 0 bridgehead atoms. The van der Waals surface area contributed by atoms with E-state index in [9.17, 15) is 14.4 Å². The van der Waals surface area contributed by atoms with Crippen LogP contribution in [-0.2, 0) is 30.4 Å². The SMILES string of the molecule is COC(=O)CN(CC(=O)OC)C(=O)/C=C/c1cn(Cc2ccccc2)nc1-c1ccccc1. The smallest absolute Gasteiger partial charge is 0.325 e. The van der Waals surface area contributed by atoms with Gasteiger partial charge in [-0.1, -0.05) is 60.7 Å². The quantitative estimate of drug-likeness (QED) is 0.370. The van der Waals surface area contributed by atoms with Gasteiger partial charge in [-0.15, -0.1) is 0 Å². The Hall–Kier alpha value is -4.20. The molecule has 8 nitrogen and oxygen atoms in total. The highest BCUT2D eigenvalue weighted by Crippen LogP contribution is 2.23. The van der Waals surface area contributed by atoms with Crippen LogP contribution in [0.2, 0.25) is 0 Å². The van der Waals surface area contributed by atoms with Crippen molar-refractivity contribution in [3.63, 3.8) is 0 Å². The summed E-state index contributed by atoms with van der Waals surface area (Å²) < 4.78 is 11.1. The summed E-state index contributed by atoms with van der Waals surface area (Å²) >= 11 is 0. The number of carbonyl (C=O) groups excluding carboxylic acids is 3. The molecule has 1 aromatic heterocycles. The molecule has 0 atom stereocenters. The van der Waals surface area contributed by atoms with Gasteiger partial charge in [0.1, 0.15) is 13.1 Å². The second-order valence-electron chi connectivity index (χ2n) is 7.16. The van der Waals surface area contributed by atoms with E-state index in [-0.39, 0.29) is 13.1 Å². The van der Waals surface area contributed by atoms with E-state index in [2.05, 4.69) is 9.47 Å². The number of carbonyl (C=O) groups is 3. The number of aromatic nitrogens is 2. The van der Waals surface area contributed by atoms with Crippen LogP contribution < -0.4 is 0 Å². The minimum Gasteiger partial charge on any atom is -0.468 e. The molecule has 0 saturated heterocycles. The van der Waals surface area contributed by atoms with Crippen molar-refractivity contribution in [1.82, 2.24) is 14.7 Å². The largest absolute Gasteiger partial charge is 0.468 e. The zero-order valence-electron chi connectivity index (χ0n) is 18.5. The Balaban J connectivity index is 1.88. The Morgan fingerprint density at radius 2 is 1.48 bits per heavy atom. The summed E-state index contributed by atoms with van der Waals surface area (Å²) in [7, 11) is 2.43. The number of rotatable bonds is 9. The van der Waals surface area contributed by atoms with Crippen LogP contribution in [0.1, 0.15) is 11.1 Å². The Morgan fingerprint density at radius 1 is 0.909 bits per heavy atom. The Labute approximate surface area is 192 Å². The molecule has 0 aliphatic heterocycles. The van der Waals surface area contributed by atoms with E-state index in [0.717, 1.165) is 21.6 Å². The van der Waals surface area contributed by atoms with Crippen molar-refractivity contribution in [2.45, 2.75) is 6.54 Å². The summed E-state index contributed by atoms with van der Waals surface area (Å²) in [6.07, 6.45) is 4.78. The normalized spacial score (nSPS) is 10.7. The number of amides is 1. The highest BCUT2D eigenvalue weighted by atomic mass is 16.5. The van der Waals surface area contributed by atoms with Crippen LogP contribution in [0.25, 0.3) is 17.3 Å². The van der Waals surface area contributed by atoms with Crippen LogP contribution in [0.3, 0.4) is 0 Å². The molecule has 170 valence electrons. The van der Waals surface area contributed by atoms with Gasteiger partial charge in [0.05, 0.1) is 26.5 Å². The Kier molecular flexibility index (Phi) is 8.13. The standard InChI is InChI=1S/C25H25N3O5/c1-32-23(30)17-27(18-24(31)33-2)22(29)14-13-21-16-28(15-19-9-5-3-6-10-19)26-25(21)20-11-7-4-8-12-20/h3-14,16H,15,17-18H2,1-2H3/b14-13+. The van der Waals surface area contributed by atoms with Crippen LogP contribution in [-0.4, -0.2) is 59.8 Å². The van der Waals surface area contributed by atoms with Gasteiger partial charge in [0.25, 0.3) is 0 Å². The summed E-state index contributed by atoms with van der Waals surface area (Å²) in [5, 5.41) is 4.71. The first kappa shape index (κ1) is 23.5. The van der Waals surface area contributed by atoms with Gasteiger partial charge in [-0.05, 0) is 11.6 Å². The monoisotopic (exact) mass is 447 g/mol. The summed E-state index contributed by atoms with van der Waals surface area (Å²) in [6, 6.07) is 19.5. The van der Waals surface area contributed by atoms with Crippen molar-refractivity contribution >= 4 is 23.9 Å². The average Bonchev–Trinajstić information content (AvgIpc) is 3.25. The summed E-state index contributed by atoms with van der Waals surface area (Å²) in [5.41, 5.74) is 3.43. The van der Waals surface area contributed by atoms with Gasteiger partial charge >= 0.3 is 11.9 Å². The van der Waals surface area contributed by atoms with E-state index in [4.69, 9.17) is 5.10 Å². The van der Waals surface area contributed by atoms with Crippen LogP contribution in [0, 0.1) is 0 Å². The van der Waals surface area contributed by atoms with Gasteiger partial charge in [0, 0.05) is 23.4 Å². The lowest BCUT2D eigenvalue weighted by molar-refractivity contribution is -0.150. The lowest BCUT2D eigenvalue weighted by Crippen LogP contribution is -2.39. The lowest BCUT2D eigenvalue weighted by atomic mass is 10.1. The molecule has 3 aromatic rings. The first-order valence-corrected chi connectivity index (χ1v) is 10.3. The van der Waals surface area contributed by atoms with Crippen LogP contribution >= 0.6 is 0 Å². The molecule has 8 heteroatoms. The second kappa shape index (κ2) is 11.4. The number of hydrogen-bond donors (Lipinski definition) is 0. The third kappa shape index (κ3) is 6.64. The van der Waals surface area contributed by atoms with E-state index in [1.807, 2.05) is 71.5 Å². The van der Waals surface area contributed by atoms with Crippen LogP contribution in [0.15, 0.2) is 72.9 Å². The molecule has 33 heavy (non-hydrogen) atoms. The molecule has 0 aliphatic rings. The predicted molar refractivity (Wildman–Crippen MR) is 123 cm³/mol. The maximum Gasteiger partial charge on any atom is 0.325 e. The highest BCUT2D eigenvalue weighted by molar-refractivity contribution is 5.96. The second-order valence-corrected chi connectivity index (χ2v) is 7.16. The molecule has 2 aromatic carbocycles. The van der Waals surface area contributed by atoms with Crippen molar-refractivity contribution in [2.75, 3.05) is 27.3 Å². The summed E-state index contributed by atoms with van der Waals surface area (Å²) in [5.74, 6) is -1.80. The van der Waals surface area contributed by atoms with Gasteiger partial charge in [0.2, 0.25) is 5.91 Å². The average molecular weight is 447 g/mol. The zero-order valence-corrected chi connectivity index (χ0v) is 18.5. The molecule has 1 heterocycles. The third-order valence-electron chi connectivity index (χ3n) is 4.84. The van der Waals surface area contributed by atoms with E-state index < -0.39 is 17.8 Å². The van der Waals surface area contributed by atoms with Crippen LogP contribution in [0.5, 0.6) is 0 Å². The minimum atomic E-state index is -0.638. The zero-order chi connectivity index (χ0) is 23.6. The molecule has 0 saturated carbocycles. The molecular formula is C25H25N3O5. The topological polar surface area (TPSA) is 90.7 Å². The van der Waals surface area contributed by atoms with E-state index in [0.29, 0.717) is 12.2 Å². The molecule has 0 fully saturated rings. The fourth-order valence-electron chi connectivity index (χ4n) is 3.15. The van der Waals surface area contributed by atoms with Crippen molar-refractivity contribution < 1.29 is 23.9 Å². The van der Waals surface area contributed by atoms with Crippen LogP contribution in [0.4, 0.5) is 0 Å². The number of esters is 2. The van der Waals surface area contributed by atoms with Crippen molar-refractivity contribution in [3.8, 4) is 11.3 Å². The fourth-order valence-corrected chi connectivity index (χ4v) is 3.15. The molecule has 0 aliphatic carbocycles. The molecule has 1 amide bonds. The van der Waals surface area contributed by atoms with E-state index in [1.165, 1.54) is 20.3 Å². The number of benzene rings is 2. The number of nitrogens with zero attached hydrogens (tertiary/aromatic N) is 3. The fraction of sp³-hybridized carbons (Fsp3) is 0.200. The molecule has 3 rings (SSSR count). The van der Waals surface area contributed by atoms with Gasteiger partial charge < -0.3 is 14.4 Å².